The third kappa shape index (κ3) is 4.70. The van der Waals surface area contributed by atoms with E-state index in [0.29, 0.717) is 0 Å². The molecule has 2 rings (SSSR count). The Morgan fingerprint density at radius 2 is 1.88 bits per heavy atom. The first kappa shape index (κ1) is 19.7. The van der Waals surface area contributed by atoms with Gasteiger partial charge in [0.1, 0.15) is 6.26 Å². The monoisotopic (exact) mass is 380 g/mol. The van der Waals surface area contributed by atoms with Crippen LogP contribution in [0.25, 0.3) is 0 Å². The number of amides is 1. The van der Waals surface area contributed by atoms with Crippen LogP contribution in [0, 0.1) is 0 Å². The summed E-state index contributed by atoms with van der Waals surface area (Å²) in [6.45, 7) is 0. The number of carbonyl (C=O) groups excluding carboxylic acids is 1. The van der Waals surface area contributed by atoms with Crippen LogP contribution in [0.15, 0.2) is 52.2 Å². The van der Waals surface area contributed by atoms with Crippen molar-refractivity contribution in [3.63, 3.8) is 0 Å². The van der Waals surface area contributed by atoms with Crippen molar-refractivity contribution in [2.45, 2.75) is 24.0 Å². The Labute approximate surface area is 151 Å². The predicted molar refractivity (Wildman–Crippen MR) is 93.1 cm³/mol. The van der Waals surface area contributed by atoms with E-state index in [-0.39, 0.29) is 23.5 Å². The lowest BCUT2D eigenvalue weighted by molar-refractivity contribution is -0.137. The van der Waals surface area contributed by atoms with Crippen molar-refractivity contribution in [2.24, 2.45) is 0 Å². The molecule has 0 aliphatic heterocycles. The van der Waals surface area contributed by atoms with Crippen molar-refractivity contribution in [1.82, 2.24) is 9.62 Å². The average Bonchev–Trinajstić information content (AvgIpc) is 3.10. The summed E-state index contributed by atoms with van der Waals surface area (Å²) in [5.41, 5.74) is 0.799. The molecule has 2 N–H and O–H groups in total. The molecular weight excluding hydrogens is 360 g/mol. The zero-order valence-corrected chi connectivity index (χ0v) is 15.2. The highest BCUT2D eigenvalue weighted by molar-refractivity contribution is 7.88. The molecule has 0 aliphatic carbocycles. The predicted octanol–water partition coefficient (Wildman–Crippen LogP) is 1.87. The summed E-state index contributed by atoms with van der Waals surface area (Å²) in [4.78, 5) is 23.3. The number of furan rings is 1. The summed E-state index contributed by atoms with van der Waals surface area (Å²) in [5, 5.41) is 11.3. The van der Waals surface area contributed by atoms with Crippen LogP contribution in [-0.4, -0.2) is 43.8 Å². The van der Waals surface area contributed by atoms with Gasteiger partial charge in [0, 0.05) is 26.6 Å². The fraction of sp³-hybridized carbons (Fsp3) is 0.294. The van der Waals surface area contributed by atoms with Gasteiger partial charge in [-0.2, -0.15) is 0 Å². The van der Waals surface area contributed by atoms with Crippen LogP contribution in [0.3, 0.4) is 0 Å². The molecule has 1 heterocycles. The highest BCUT2D eigenvalue weighted by atomic mass is 32.2. The Bertz CT molecular complexity index is 874. The minimum atomic E-state index is -3.78. The smallest absolute Gasteiger partial charge is 0.303 e. The van der Waals surface area contributed by atoms with Crippen molar-refractivity contribution in [3.8, 4) is 0 Å². The van der Waals surface area contributed by atoms with E-state index in [4.69, 9.17) is 9.52 Å². The first-order valence-corrected chi connectivity index (χ1v) is 9.24. The second-order valence-corrected chi connectivity index (χ2v) is 7.89. The van der Waals surface area contributed by atoms with E-state index in [9.17, 15) is 18.0 Å². The maximum atomic E-state index is 12.5. The Kier molecular flexibility index (Phi) is 6.17. The summed E-state index contributed by atoms with van der Waals surface area (Å²) in [5.74, 6) is -1.52. The zero-order valence-electron chi connectivity index (χ0n) is 14.4. The average molecular weight is 380 g/mol. The summed E-state index contributed by atoms with van der Waals surface area (Å²) < 4.78 is 30.0. The van der Waals surface area contributed by atoms with Crippen molar-refractivity contribution >= 4 is 21.9 Å². The molecule has 1 atom stereocenters. The number of hydrogen-bond donors (Lipinski definition) is 2. The molecule has 1 aromatic heterocycles. The lowest BCUT2D eigenvalue weighted by Crippen LogP contribution is -2.28. The number of rotatable bonds is 8. The van der Waals surface area contributed by atoms with Gasteiger partial charge in [-0.05, 0) is 12.0 Å². The molecule has 9 heteroatoms. The number of carboxylic acids is 1. The van der Waals surface area contributed by atoms with Gasteiger partial charge in [-0.15, -0.1) is 0 Å². The topological polar surface area (TPSA) is 117 Å². The number of sulfonamides is 1. The third-order valence-corrected chi connectivity index (χ3v) is 5.41. The molecule has 1 unspecified atom stereocenters. The Morgan fingerprint density at radius 3 is 2.46 bits per heavy atom. The van der Waals surface area contributed by atoms with E-state index >= 15 is 0 Å². The fourth-order valence-electron chi connectivity index (χ4n) is 2.27. The normalized spacial score (nSPS) is 12.7. The van der Waals surface area contributed by atoms with E-state index in [1.165, 1.54) is 14.1 Å². The summed E-state index contributed by atoms with van der Waals surface area (Å²) in [6, 6.07) is 9.57. The molecule has 8 nitrogen and oxygen atoms in total. The number of nitrogens with one attached hydrogen (secondary N) is 1. The molecule has 26 heavy (non-hydrogen) atoms. The SMILES string of the molecule is CN(C)S(=O)(=O)c1cc(C(=O)NC(CCC(=O)O)c2ccccc2)co1. The third-order valence-electron chi connectivity index (χ3n) is 3.73. The standard InChI is InChI=1S/C17H20N2O6S/c1-19(2)26(23,24)16-10-13(11-25-16)17(22)18-14(8-9-15(20)21)12-6-4-3-5-7-12/h3-7,10-11,14H,8-9H2,1-2H3,(H,18,22)(H,20,21). The van der Waals surface area contributed by atoms with Gasteiger partial charge in [0.15, 0.2) is 0 Å². The highest BCUT2D eigenvalue weighted by Gasteiger charge is 2.24. The molecule has 2 aromatic rings. The van der Waals surface area contributed by atoms with Crippen LogP contribution < -0.4 is 5.32 Å². The number of carbonyl (C=O) groups is 2. The second kappa shape index (κ2) is 8.15. The molecule has 1 aromatic carbocycles. The second-order valence-electron chi connectivity index (χ2n) is 5.81. The van der Waals surface area contributed by atoms with Gasteiger partial charge in [-0.25, -0.2) is 12.7 Å². The molecular formula is C17H20N2O6S. The van der Waals surface area contributed by atoms with Crippen molar-refractivity contribution < 1.29 is 27.5 Å². The van der Waals surface area contributed by atoms with Gasteiger partial charge in [-0.3, -0.25) is 9.59 Å². The summed E-state index contributed by atoms with van der Waals surface area (Å²) in [7, 11) is -1.07. The van der Waals surface area contributed by atoms with Gasteiger partial charge >= 0.3 is 5.97 Å². The Morgan fingerprint density at radius 1 is 1.23 bits per heavy atom. The van der Waals surface area contributed by atoms with Crippen molar-refractivity contribution in [1.29, 1.82) is 0 Å². The molecule has 0 spiro atoms. The van der Waals surface area contributed by atoms with E-state index in [2.05, 4.69) is 5.32 Å². The molecule has 0 fully saturated rings. The number of hydrogen-bond acceptors (Lipinski definition) is 5. The Balaban J connectivity index is 2.19. The van der Waals surface area contributed by atoms with Gasteiger partial charge < -0.3 is 14.8 Å². The first-order valence-electron chi connectivity index (χ1n) is 7.80. The van der Waals surface area contributed by atoms with Crippen molar-refractivity contribution in [2.75, 3.05) is 14.1 Å². The van der Waals surface area contributed by atoms with Crippen LogP contribution in [0.5, 0.6) is 0 Å². The molecule has 1 amide bonds. The van der Waals surface area contributed by atoms with Crippen LogP contribution in [0.1, 0.15) is 34.8 Å². The highest BCUT2D eigenvalue weighted by Crippen LogP contribution is 2.21. The van der Waals surface area contributed by atoms with Gasteiger partial charge in [-0.1, -0.05) is 30.3 Å². The molecule has 140 valence electrons. The number of nitrogens with zero attached hydrogens (tertiary/aromatic N) is 1. The lowest BCUT2D eigenvalue weighted by atomic mass is 10.0. The van der Waals surface area contributed by atoms with E-state index in [0.717, 1.165) is 22.2 Å². The maximum absolute atomic E-state index is 12.5. The van der Waals surface area contributed by atoms with Crippen LogP contribution in [0.2, 0.25) is 0 Å². The van der Waals surface area contributed by atoms with Crippen LogP contribution in [0.4, 0.5) is 0 Å². The van der Waals surface area contributed by atoms with Crippen molar-refractivity contribution in [3.05, 3.63) is 53.8 Å². The number of benzene rings is 1. The molecule has 0 radical (unpaired) electrons. The lowest BCUT2D eigenvalue weighted by Gasteiger charge is -2.18. The maximum Gasteiger partial charge on any atom is 0.303 e. The van der Waals surface area contributed by atoms with Gasteiger partial charge in [0.2, 0.25) is 5.09 Å². The Hall–Kier alpha value is -2.65. The van der Waals surface area contributed by atoms with Crippen LogP contribution in [-0.2, 0) is 14.8 Å². The van der Waals surface area contributed by atoms with E-state index in [1.807, 2.05) is 6.07 Å². The molecule has 0 aliphatic rings. The molecule has 0 saturated carbocycles. The summed E-state index contributed by atoms with van der Waals surface area (Å²) >= 11 is 0. The molecule has 0 bridgehead atoms. The van der Waals surface area contributed by atoms with Gasteiger partial charge in [0.05, 0.1) is 11.6 Å². The summed E-state index contributed by atoms with van der Waals surface area (Å²) in [6.07, 6.45) is 1.14. The fourth-order valence-corrected chi connectivity index (χ4v) is 3.07. The largest absolute Gasteiger partial charge is 0.481 e. The zero-order chi connectivity index (χ0) is 19.3. The van der Waals surface area contributed by atoms with E-state index < -0.39 is 27.9 Å². The number of aliphatic carboxylic acids is 1. The van der Waals surface area contributed by atoms with E-state index in [1.54, 1.807) is 24.3 Å². The van der Waals surface area contributed by atoms with Crippen LogP contribution >= 0.6 is 0 Å². The van der Waals surface area contributed by atoms with Gasteiger partial charge in [0.25, 0.3) is 15.9 Å². The number of carboxylic acid groups (broad SMARTS) is 1. The molecule has 0 saturated heterocycles. The quantitative estimate of drug-likeness (QED) is 0.722. The first-order chi connectivity index (χ1) is 12.2. The minimum Gasteiger partial charge on any atom is -0.481 e. The minimum absolute atomic E-state index is 0.0432.